The van der Waals surface area contributed by atoms with Crippen LogP contribution in [-0.2, 0) is 0 Å². The fraction of sp³-hybridized carbons (Fsp3) is 0.929. The molecule has 0 aromatic rings. The van der Waals surface area contributed by atoms with Gasteiger partial charge in [-0.15, -0.1) is 0 Å². The third kappa shape index (κ3) is 3.66. The standard InChI is InChI=1S/C28H48O/c1-18(2)19(3)7-8-20(4)24-11-12-25-23-10-9-21-17-22(29)13-15-27(21,5)26(23)14-16-28(24,25)6/h9,18-20,22-26,29H,7-8,10-17H2,1-6H3/t19-,20-,22+,23+,24+,25+,26+,27+,28-/m1/s1. The van der Waals surface area contributed by atoms with Crippen molar-refractivity contribution >= 4 is 0 Å². The number of hydrogen-bond donors (Lipinski definition) is 1. The zero-order chi connectivity index (χ0) is 21.0. The average molecular weight is 401 g/mol. The molecule has 0 spiro atoms. The van der Waals surface area contributed by atoms with Gasteiger partial charge in [0.2, 0.25) is 0 Å². The Kier molecular flexibility index (Phi) is 6.04. The maximum Gasteiger partial charge on any atom is 0.0577 e. The smallest absolute Gasteiger partial charge is 0.0577 e. The van der Waals surface area contributed by atoms with Gasteiger partial charge in [0.1, 0.15) is 0 Å². The van der Waals surface area contributed by atoms with Gasteiger partial charge < -0.3 is 5.11 Å². The van der Waals surface area contributed by atoms with Crippen molar-refractivity contribution in [1.29, 1.82) is 0 Å². The molecule has 3 fully saturated rings. The molecule has 1 N–H and O–H groups in total. The van der Waals surface area contributed by atoms with E-state index in [2.05, 4.69) is 47.6 Å². The molecule has 29 heavy (non-hydrogen) atoms. The van der Waals surface area contributed by atoms with Crippen molar-refractivity contribution in [1.82, 2.24) is 0 Å². The molecule has 0 amide bonds. The zero-order valence-corrected chi connectivity index (χ0v) is 20.2. The van der Waals surface area contributed by atoms with Crippen molar-refractivity contribution in [2.75, 3.05) is 0 Å². The van der Waals surface area contributed by atoms with Crippen LogP contribution in [0.15, 0.2) is 11.6 Å². The maximum atomic E-state index is 10.2. The summed E-state index contributed by atoms with van der Waals surface area (Å²) in [6.45, 7) is 15.1. The summed E-state index contributed by atoms with van der Waals surface area (Å²) in [7, 11) is 0. The van der Waals surface area contributed by atoms with E-state index in [1.165, 1.54) is 51.4 Å². The lowest BCUT2D eigenvalue weighted by molar-refractivity contribution is -0.0574. The normalized spacial score (nSPS) is 46.5. The Bertz CT molecular complexity index is 620. The van der Waals surface area contributed by atoms with Crippen LogP contribution < -0.4 is 0 Å². The first-order valence-electron chi connectivity index (χ1n) is 13.0. The molecule has 4 rings (SSSR count). The highest BCUT2D eigenvalue weighted by molar-refractivity contribution is 5.25. The summed E-state index contributed by atoms with van der Waals surface area (Å²) < 4.78 is 0. The first-order valence-corrected chi connectivity index (χ1v) is 13.0. The third-order valence-electron chi connectivity index (χ3n) is 11.1. The van der Waals surface area contributed by atoms with Crippen LogP contribution in [-0.4, -0.2) is 11.2 Å². The molecule has 0 bridgehead atoms. The average Bonchev–Trinajstić information content (AvgIpc) is 3.03. The molecule has 9 atom stereocenters. The SMILES string of the molecule is CC(C)[C@H](C)CC[C@@H](C)[C@@H]1CC[C@H]2[C@@H]3CC=C4C[C@@H](O)CC[C@]4(C)[C@H]3CC[C@@]21C. The molecule has 0 unspecified atom stereocenters. The van der Waals surface area contributed by atoms with Crippen molar-refractivity contribution in [3.63, 3.8) is 0 Å². The second-order valence-electron chi connectivity index (χ2n) is 12.7. The second-order valence-corrected chi connectivity index (χ2v) is 12.7. The minimum atomic E-state index is -0.0790. The van der Waals surface area contributed by atoms with E-state index in [1.807, 2.05) is 0 Å². The van der Waals surface area contributed by atoms with E-state index in [1.54, 1.807) is 5.57 Å². The molecule has 1 nitrogen and oxygen atoms in total. The number of aliphatic hydroxyl groups is 1. The van der Waals surface area contributed by atoms with Gasteiger partial charge in [-0.1, -0.05) is 66.0 Å². The first-order chi connectivity index (χ1) is 13.7. The fourth-order valence-corrected chi connectivity index (χ4v) is 8.68. The maximum absolute atomic E-state index is 10.2. The molecular formula is C28H48O. The van der Waals surface area contributed by atoms with Crippen molar-refractivity contribution in [2.45, 2.75) is 112 Å². The predicted octanol–water partition coefficient (Wildman–Crippen LogP) is 7.63. The molecule has 1 heteroatoms. The van der Waals surface area contributed by atoms with Crippen molar-refractivity contribution in [2.24, 2.45) is 52.3 Å². The Morgan fingerprint density at radius 1 is 0.966 bits per heavy atom. The van der Waals surface area contributed by atoms with E-state index < -0.39 is 0 Å². The third-order valence-corrected chi connectivity index (χ3v) is 11.1. The summed E-state index contributed by atoms with van der Waals surface area (Å²) in [5.41, 5.74) is 2.59. The monoisotopic (exact) mass is 400 g/mol. The minimum Gasteiger partial charge on any atom is -0.393 e. The molecule has 4 aliphatic rings. The van der Waals surface area contributed by atoms with Gasteiger partial charge in [-0.2, -0.15) is 0 Å². The first kappa shape index (κ1) is 21.9. The molecule has 0 aromatic heterocycles. The number of hydrogen-bond acceptors (Lipinski definition) is 1. The van der Waals surface area contributed by atoms with Gasteiger partial charge in [0, 0.05) is 0 Å². The molecule has 166 valence electrons. The quantitative estimate of drug-likeness (QED) is 0.470. The summed E-state index contributed by atoms with van der Waals surface area (Å²) in [5.74, 6) is 6.24. The molecule has 0 heterocycles. The number of allylic oxidation sites excluding steroid dienone is 1. The van der Waals surface area contributed by atoms with Crippen LogP contribution in [0.5, 0.6) is 0 Å². The van der Waals surface area contributed by atoms with Crippen LogP contribution in [0.25, 0.3) is 0 Å². The summed E-state index contributed by atoms with van der Waals surface area (Å²) in [4.78, 5) is 0. The van der Waals surface area contributed by atoms with Gasteiger partial charge in [0.05, 0.1) is 6.10 Å². The lowest BCUT2D eigenvalue weighted by Gasteiger charge is -2.58. The molecular weight excluding hydrogens is 352 g/mol. The Hall–Kier alpha value is -0.300. The Balaban J connectivity index is 1.49. The van der Waals surface area contributed by atoms with Crippen molar-refractivity contribution in [3.05, 3.63) is 11.6 Å². The van der Waals surface area contributed by atoms with Gasteiger partial charge in [0.15, 0.2) is 0 Å². The minimum absolute atomic E-state index is 0.0790. The van der Waals surface area contributed by atoms with E-state index in [4.69, 9.17) is 0 Å². The molecule has 0 aromatic carbocycles. The van der Waals surface area contributed by atoms with Crippen LogP contribution in [0.3, 0.4) is 0 Å². The lowest BCUT2D eigenvalue weighted by atomic mass is 9.47. The van der Waals surface area contributed by atoms with Gasteiger partial charge in [0.25, 0.3) is 0 Å². The molecule has 0 radical (unpaired) electrons. The van der Waals surface area contributed by atoms with Crippen LogP contribution >= 0.6 is 0 Å². The second kappa shape index (κ2) is 7.99. The zero-order valence-electron chi connectivity index (χ0n) is 20.2. The highest BCUT2D eigenvalue weighted by atomic mass is 16.3. The Morgan fingerprint density at radius 2 is 1.72 bits per heavy atom. The van der Waals surface area contributed by atoms with Crippen molar-refractivity contribution < 1.29 is 5.11 Å². The van der Waals surface area contributed by atoms with E-state index in [9.17, 15) is 5.11 Å². The van der Waals surface area contributed by atoms with Gasteiger partial charge >= 0.3 is 0 Å². The summed E-state index contributed by atoms with van der Waals surface area (Å²) in [5, 5.41) is 10.2. The molecule has 4 aliphatic carbocycles. The van der Waals surface area contributed by atoms with Crippen molar-refractivity contribution in [3.8, 4) is 0 Å². The van der Waals surface area contributed by atoms with Crippen LogP contribution in [0.2, 0.25) is 0 Å². The van der Waals surface area contributed by atoms with Gasteiger partial charge in [-0.3, -0.25) is 0 Å². The molecule has 0 aliphatic heterocycles. The largest absolute Gasteiger partial charge is 0.393 e. The predicted molar refractivity (Wildman–Crippen MR) is 124 cm³/mol. The Morgan fingerprint density at radius 3 is 2.45 bits per heavy atom. The van der Waals surface area contributed by atoms with Crippen LogP contribution in [0.4, 0.5) is 0 Å². The molecule has 0 saturated heterocycles. The topological polar surface area (TPSA) is 20.2 Å². The number of fused-ring (bicyclic) bond motifs is 5. The van der Waals surface area contributed by atoms with E-state index in [0.29, 0.717) is 10.8 Å². The van der Waals surface area contributed by atoms with Gasteiger partial charge in [-0.05, 0) is 104 Å². The van der Waals surface area contributed by atoms with E-state index >= 15 is 0 Å². The van der Waals surface area contributed by atoms with Gasteiger partial charge in [-0.25, -0.2) is 0 Å². The van der Waals surface area contributed by atoms with Crippen LogP contribution in [0.1, 0.15) is 106 Å². The van der Waals surface area contributed by atoms with E-state index in [0.717, 1.165) is 54.3 Å². The highest BCUT2D eigenvalue weighted by Gasteiger charge is 2.59. The number of rotatable bonds is 5. The van der Waals surface area contributed by atoms with Crippen LogP contribution in [0, 0.1) is 52.3 Å². The summed E-state index contributed by atoms with van der Waals surface area (Å²) in [6.07, 6.45) is 15.7. The highest BCUT2D eigenvalue weighted by Crippen LogP contribution is 2.67. The summed E-state index contributed by atoms with van der Waals surface area (Å²) >= 11 is 0. The van der Waals surface area contributed by atoms with E-state index in [-0.39, 0.29) is 6.10 Å². The number of aliphatic hydroxyl groups excluding tert-OH is 1. The summed E-state index contributed by atoms with van der Waals surface area (Å²) in [6, 6.07) is 0. The fourth-order valence-electron chi connectivity index (χ4n) is 8.68. The lowest BCUT2D eigenvalue weighted by Crippen LogP contribution is -2.50. The Labute approximate surface area is 181 Å². The molecule has 3 saturated carbocycles.